The molecule has 154 valence electrons. The lowest BCUT2D eigenvalue weighted by Crippen LogP contribution is -2.15. The summed E-state index contributed by atoms with van der Waals surface area (Å²) >= 11 is 1.54. The van der Waals surface area contributed by atoms with Gasteiger partial charge in [0.15, 0.2) is 11.0 Å². The third-order valence-electron chi connectivity index (χ3n) is 4.95. The summed E-state index contributed by atoms with van der Waals surface area (Å²) in [6.45, 7) is -0.871. The predicted molar refractivity (Wildman–Crippen MR) is 102 cm³/mol. The maximum absolute atomic E-state index is 12.3. The minimum atomic E-state index is -2.86. The molecule has 1 aliphatic rings. The molecular formula is C18H21F2N7OS. The summed E-state index contributed by atoms with van der Waals surface area (Å²) in [5, 5.41) is 21.3. The number of ether oxygens (including phenoxy) is 1. The van der Waals surface area contributed by atoms with E-state index in [1.165, 1.54) is 31.4 Å². The lowest BCUT2D eigenvalue weighted by Gasteiger charge is -2.24. The van der Waals surface area contributed by atoms with Gasteiger partial charge in [-0.15, -0.1) is 15.3 Å². The van der Waals surface area contributed by atoms with Crippen LogP contribution in [0.2, 0.25) is 0 Å². The first-order valence-corrected chi connectivity index (χ1v) is 10.5. The maximum atomic E-state index is 12.3. The van der Waals surface area contributed by atoms with Crippen molar-refractivity contribution in [3.05, 3.63) is 35.9 Å². The summed E-state index contributed by atoms with van der Waals surface area (Å²) in [7, 11) is 0. The third kappa shape index (κ3) is 4.55. The van der Waals surface area contributed by atoms with Gasteiger partial charge in [0.25, 0.3) is 0 Å². The molecule has 0 amide bonds. The van der Waals surface area contributed by atoms with Gasteiger partial charge in [0.05, 0.1) is 11.4 Å². The molecule has 1 fully saturated rings. The molecule has 11 heteroatoms. The number of alkyl halides is 2. The van der Waals surface area contributed by atoms with Crippen molar-refractivity contribution in [3.8, 4) is 11.4 Å². The highest BCUT2D eigenvalue weighted by Crippen LogP contribution is 2.33. The Morgan fingerprint density at radius 2 is 1.86 bits per heavy atom. The molecule has 0 N–H and O–H groups in total. The number of hydrogen-bond donors (Lipinski definition) is 0. The van der Waals surface area contributed by atoms with Crippen LogP contribution in [-0.2, 0) is 5.75 Å². The summed E-state index contributed by atoms with van der Waals surface area (Å²) in [6.07, 6.45) is 6.05. The Morgan fingerprint density at radius 3 is 2.59 bits per heavy atom. The van der Waals surface area contributed by atoms with Crippen LogP contribution in [0.15, 0.2) is 29.4 Å². The highest BCUT2D eigenvalue weighted by atomic mass is 32.2. The minimum Gasteiger partial charge on any atom is -0.435 e. The van der Waals surface area contributed by atoms with E-state index in [1.807, 2.05) is 6.92 Å². The summed E-state index contributed by atoms with van der Waals surface area (Å²) in [5.41, 5.74) is 0.664. The van der Waals surface area contributed by atoms with Crippen LogP contribution in [0, 0.1) is 6.92 Å². The summed E-state index contributed by atoms with van der Waals surface area (Å²) < 4.78 is 32.8. The van der Waals surface area contributed by atoms with Crippen molar-refractivity contribution in [1.29, 1.82) is 0 Å². The van der Waals surface area contributed by atoms with Crippen molar-refractivity contribution in [3.63, 3.8) is 0 Å². The van der Waals surface area contributed by atoms with Gasteiger partial charge in [-0.2, -0.15) is 13.5 Å². The molecule has 0 atom stereocenters. The number of aromatic nitrogens is 7. The number of thioether (sulfide) groups is 1. The number of rotatable bonds is 7. The van der Waals surface area contributed by atoms with Crippen LogP contribution in [0.5, 0.6) is 5.75 Å². The van der Waals surface area contributed by atoms with E-state index in [1.54, 1.807) is 28.6 Å². The molecule has 0 spiro atoms. The zero-order valence-electron chi connectivity index (χ0n) is 15.9. The van der Waals surface area contributed by atoms with Crippen molar-refractivity contribution >= 4 is 11.8 Å². The van der Waals surface area contributed by atoms with E-state index in [9.17, 15) is 8.78 Å². The van der Waals surface area contributed by atoms with Crippen LogP contribution in [0.3, 0.4) is 0 Å². The van der Waals surface area contributed by atoms with E-state index in [0.29, 0.717) is 23.3 Å². The van der Waals surface area contributed by atoms with Gasteiger partial charge in [-0.25, -0.2) is 0 Å². The Morgan fingerprint density at radius 1 is 1.10 bits per heavy atom. The molecule has 1 aliphatic carbocycles. The van der Waals surface area contributed by atoms with E-state index in [-0.39, 0.29) is 5.75 Å². The zero-order chi connectivity index (χ0) is 20.2. The molecular weight excluding hydrogens is 400 g/mol. The minimum absolute atomic E-state index is 0.0869. The van der Waals surface area contributed by atoms with Gasteiger partial charge in [0, 0.05) is 6.04 Å². The van der Waals surface area contributed by atoms with Gasteiger partial charge in [0.2, 0.25) is 0 Å². The second kappa shape index (κ2) is 8.85. The normalized spacial score (nSPS) is 15.2. The average molecular weight is 421 g/mol. The maximum Gasteiger partial charge on any atom is 0.387 e. The zero-order valence-corrected chi connectivity index (χ0v) is 16.7. The molecule has 2 heterocycles. The Hall–Kier alpha value is -2.56. The van der Waals surface area contributed by atoms with E-state index in [0.717, 1.165) is 23.8 Å². The molecule has 0 saturated heterocycles. The van der Waals surface area contributed by atoms with Crippen molar-refractivity contribution in [1.82, 2.24) is 35.0 Å². The summed E-state index contributed by atoms with van der Waals surface area (Å²) in [6, 6.07) is 6.64. The predicted octanol–water partition coefficient (Wildman–Crippen LogP) is 3.96. The van der Waals surface area contributed by atoms with Gasteiger partial charge in [-0.05, 0) is 54.5 Å². The number of aryl methyl sites for hydroxylation is 1. The Bertz CT molecular complexity index is 938. The second-order valence-electron chi connectivity index (χ2n) is 6.86. The van der Waals surface area contributed by atoms with E-state index < -0.39 is 6.61 Å². The molecule has 3 aromatic rings. The first kappa shape index (κ1) is 19.7. The van der Waals surface area contributed by atoms with Crippen molar-refractivity contribution in [2.45, 2.75) is 62.6 Å². The van der Waals surface area contributed by atoms with Crippen LogP contribution in [0.25, 0.3) is 5.69 Å². The fourth-order valence-corrected chi connectivity index (χ4v) is 4.56. The molecule has 0 radical (unpaired) electrons. The van der Waals surface area contributed by atoms with Gasteiger partial charge >= 0.3 is 6.61 Å². The van der Waals surface area contributed by atoms with Crippen molar-refractivity contribution < 1.29 is 13.5 Å². The van der Waals surface area contributed by atoms with Crippen molar-refractivity contribution in [2.24, 2.45) is 0 Å². The monoisotopic (exact) mass is 421 g/mol. The fraction of sp³-hybridized carbons (Fsp3) is 0.500. The molecule has 4 rings (SSSR count). The highest BCUT2D eigenvalue weighted by molar-refractivity contribution is 7.98. The molecule has 0 unspecified atom stereocenters. The van der Waals surface area contributed by atoms with Crippen molar-refractivity contribution in [2.75, 3.05) is 0 Å². The molecule has 29 heavy (non-hydrogen) atoms. The second-order valence-corrected chi connectivity index (χ2v) is 7.80. The number of tetrazole rings is 1. The van der Waals surface area contributed by atoms with E-state index in [2.05, 4.69) is 35.0 Å². The van der Waals surface area contributed by atoms with Crippen LogP contribution in [0.1, 0.15) is 49.8 Å². The third-order valence-corrected chi connectivity index (χ3v) is 5.88. The summed E-state index contributed by atoms with van der Waals surface area (Å²) in [5.74, 6) is 2.15. The highest BCUT2D eigenvalue weighted by Gasteiger charge is 2.22. The van der Waals surface area contributed by atoms with E-state index in [4.69, 9.17) is 0 Å². The van der Waals surface area contributed by atoms with Gasteiger partial charge in [0.1, 0.15) is 11.6 Å². The van der Waals surface area contributed by atoms with Gasteiger partial charge < -0.3 is 9.30 Å². The molecule has 0 bridgehead atoms. The smallest absolute Gasteiger partial charge is 0.387 e. The van der Waals surface area contributed by atoms with Crippen LogP contribution >= 0.6 is 11.8 Å². The number of benzene rings is 1. The molecule has 2 aromatic heterocycles. The van der Waals surface area contributed by atoms with E-state index >= 15 is 0 Å². The average Bonchev–Trinajstić information content (AvgIpc) is 3.33. The molecule has 0 aliphatic heterocycles. The number of halogens is 2. The first-order chi connectivity index (χ1) is 14.1. The Labute approximate surface area is 170 Å². The Kier molecular flexibility index (Phi) is 6.02. The molecule has 1 saturated carbocycles. The SMILES string of the molecule is Cc1nnc(SCc2nnnn2-c2ccc(OC(F)F)cc2)n1C1CCCCC1. The fourth-order valence-electron chi connectivity index (χ4n) is 3.60. The molecule has 1 aromatic carbocycles. The summed E-state index contributed by atoms with van der Waals surface area (Å²) in [4.78, 5) is 0. The van der Waals surface area contributed by atoms with Crippen LogP contribution < -0.4 is 4.74 Å². The molecule has 8 nitrogen and oxygen atoms in total. The lowest BCUT2D eigenvalue weighted by molar-refractivity contribution is -0.0498. The lowest BCUT2D eigenvalue weighted by atomic mass is 9.95. The number of nitrogens with zero attached hydrogens (tertiary/aromatic N) is 7. The quantitative estimate of drug-likeness (QED) is 0.534. The number of hydrogen-bond acceptors (Lipinski definition) is 7. The first-order valence-electron chi connectivity index (χ1n) is 9.48. The van der Waals surface area contributed by atoms with Gasteiger partial charge in [-0.1, -0.05) is 31.0 Å². The standard InChI is InChI=1S/C18H21F2N7OS/c1-12-21-23-18(26(12)13-5-3-2-4-6-13)29-11-16-22-24-25-27(16)14-7-9-15(10-8-14)28-17(19)20/h7-10,13,17H,2-6,11H2,1H3. The topological polar surface area (TPSA) is 83.5 Å². The largest absolute Gasteiger partial charge is 0.435 e. The Balaban J connectivity index is 1.48. The van der Waals surface area contributed by atoms with Crippen LogP contribution in [0.4, 0.5) is 8.78 Å². The van der Waals surface area contributed by atoms with Crippen LogP contribution in [-0.4, -0.2) is 41.6 Å². The van der Waals surface area contributed by atoms with Gasteiger partial charge in [-0.3, -0.25) is 0 Å².